The number of nitrogens with zero attached hydrogens (tertiary/aromatic N) is 2. The third kappa shape index (κ3) is 3.86. The van der Waals surface area contributed by atoms with E-state index in [-0.39, 0.29) is 41.4 Å². The van der Waals surface area contributed by atoms with E-state index in [1.807, 2.05) is 0 Å². The second-order valence-electron chi connectivity index (χ2n) is 3.55. The van der Waals surface area contributed by atoms with Crippen LogP contribution in [0.25, 0.3) is 0 Å². The van der Waals surface area contributed by atoms with Crippen molar-refractivity contribution >= 4 is 17.6 Å². The van der Waals surface area contributed by atoms with Gasteiger partial charge in [-0.2, -0.15) is 5.26 Å². The van der Waals surface area contributed by atoms with Crippen LogP contribution < -0.4 is 0 Å². The van der Waals surface area contributed by atoms with Gasteiger partial charge in [-0.05, 0) is 13.0 Å². The lowest BCUT2D eigenvalue weighted by atomic mass is 10.1. The molecule has 102 valence electrons. The quantitative estimate of drug-likeness (QED) is 0.617. The maximum atomic E-state index is 12.7. The second-order valence-corrected chi connectivity index (χ2v) is 3.81. The van der Waals surface area contributed by atoms with Gasteiger partial charge in [-0.3, -0.25) is 9.78 Å². The minimum absolute atomic E-state index is 0.0324. The molecule has 0 spiro atoms. The summed E-state index contributed by atoms with van der Waals surface area (Å²) in [6.07, 6.45) is -3.02. The third-order valence-corrected chi connectivity index (χ3v) is 2.57. The number of esters is 1. The van der Waals surface area contributed by atoms with E-state index in [2.05, 4.69) is 4.98 Å². The van der Waals surface area contributed by atoms with Gasteiger partial charge >= 0.3 is 5.97 Å². The molecular weight excluding hydrogens is 278 g/mol. The molecule has 0 aliphatic rings. The Morgan fingerprint density at radius 3 is 2.74 bits per heavy atom. The maximum Gasteiger partial charge on any atom is 0.311 e. The molecule has 1 rings (SSSR count). The van der Waals surface area contributed by atoms with E-state index in [1.165, 1.54) is 0 Å². The first kappa shape index (κ1) is 15.3. The van der Waals surface area contributed by atoms with Gasteiger partial charge in [0.15, 0.2) is 0 Å². The van der Waals surface area contributed by atoms with E-state index in [4.69, 9.17) is 21.6 Å². The number of ether oxygens (including phenoxy) is 1. The van der Waals surface area contributed by atoms with Crippen LogP contribution in [0.5, 0.6) is 0 Å². The number of hydrogen-bond acceptors (Lipinski definition) is 4. The number of hydrogen-bond donors (Lipinski definition) is 0. The van der Waals surface area contributed by atoms with Crippen molar-refractivity contribution < 1.29 is 18.3 Å². The Bertz CT molecular complexity index is 515. The van der Waals surface area contributed by atoms with Gasteiger partial charge in [-0.15, -0.1) is 11.6 Å². The number of carbonyl (C=O) groups is 1. The van der Waals surface area contributed by atoms with Crippen molar-refractivity contribution in [2.75, 3.05) is 6.61 Å². The molecule has 0 saturated carbocycles. The Kier molecular flexibility index (Phi) is 5.64. The van der Waals surface area contributed by atoms with E-state index < -0.39 is 12.4 Å². The molecule has 0 amide bonds. The maximum absolute atomic E-state index is 12.7. The monoisotopic (exact) mass is 288 g/mol. The summed E-state index contributed by atoms with van der Waals surface area (Å²) in [7, 11) is 0. The minimum atomic E-state index is -2.77. The zero-order valence-corrected chi connectivity index (χ0v) is 10.9. The lowest BCUT2D eigenvalue weighted by Crippen LogP contribution is -2.12. The van der Waals surface area contributed by atoms with Crippen LogP contribution in [0.3, 0.4) is 0 Å². The van der Waals surface area contributed by atoms with Crippen molar-refractivity contribution in [3.05, 3.63) is 28.6 Å². The predicted molar refractivity (Wildman–Crippen MR) is 63.8 cm³/mol. The van der Waals surface area contributed by atoms with E-state index in [1.54, 1.807) is 13.0 Å². The van der Waals surface area contributed by atoms with Gasteiger partial charge < -0.3 is 4.74 Å². The van der Waals surface area contributed by atoms with Crippen molar-refractivity contribution in [1.82, 2.24) is 4.98 Å². The highest BCUT2D eigenvalue weighted by Crippen LogP contribution is 2.25. The first-order chi connectivity index (χ1) is 9.03. The smallest absolute Gasteiger partial charge is 0.311 e. The number of aromatic nitrogens is 1. The van der Waals surface area contributed by atoms with Crippen LogP contribution in [0.4, 0.5) is 8.78 Å². The molecule has 0 unspecified atom stereocenters. The molecule has 1 aromatic rings. The molecule has 0 atom stereocenters. The number of pyridine rings is 1. The van der Waals surface area contributed by atoms with Gasteiger partial charge in [-0.1, -0.05) is 0 Å². The second kappa shape index (κ2) is 7.00. The Hall–Kier alpha value is -1.74. The standard InChI is InChI=1S/C12H11ClF2N2O2/c1-2-19-11(18)4-9-7(6-16)3-8(12(14)15)10(5-13)17-9/h3,12H,2,4-5H2,1H3. The van der Waals surface area contributed by atoms with Crippen LogP contribution >= 0.6 is 11.6 Å². The average Bonchev–Trinajstić information content (AvgIpc) is 2.38. The average molecular weight is 289 g/mol. The molecule has 19 heavy (non-hydrogen) atoms. The van der Waals surface area contributed by atoms with E-state index in [0.717, 1.165) is 6.07 Å². The topological polar surface area (TPSA) is 63.0 Å². The van der Waals surface area contributed by atoms with Gasteiger partial charge in [0.1, 0.15) is 6.07 Å². The number of nitriles is 1. The normalized spacial score (nSPS) is 10.3. The first-order valence-electron chi connectivity index (χ1n) is 5.46. The zero-order chi connectivity index (χ0) is 14.4. The minimum Gasteiger partial charge on any atom is -0.466 e. The largest absolute Gasteiger partial charge is 0.466 e. The molecule has 0 bridgehead atoms. The molecule has 0 N–H and O–H groups in total. The molecule has 0 aliphatic heterocycles. The van der Waals surface area contributed by atoms with Crippen LogP contribution in [0.2, 0.25) is 0 Å². The molecule has 0 aliphatic carbocycles. The predicted octanol–water partition coefficient (Wildman–Crippen LogP) is 2.74. The summed E-state index contributed by atoms with van der Waals surface area (Å²) in [6.45, 7) is 1.83. The number of alkyl halides is 3. The fraction of sp³-hybridized carbons (Fsp3) is 0.417. The highest BCUT2D eigenvalue weighted by Gasteiger charge is 2.19. The Labute approximate surface area is 114 Å². The molecular formula is C12H11ClF2N2O2. The van der Waals surface area contributed by atoms with Crippen LogP contribution in [0.15, 0.2) is 6.07 Å². The Morgan fingerprint density at radius 2 is 2.26 bits per heavy atom. The van der Waals surface area contributed by atoms with Crippen molar-refractivity contribution in [1.29, 1.82) is 5.26 Å². The lowest BCUT2D eigenvalue weighted by Gasteiger charge is -2.10. The first-order valence-corrected chi connectivity index (χ1v) is 5.99. The van der Waals surface area contributed by atoms with E-state index in [0.29, 0.717) is 0 Å². The van der Waals surface area contributed by atoms with Gasteiger partial charge in [0.25, 0.3) is 6.43 Å². The molecule has 7 heteroatoms. The number of halogens is 3. The van der Waals surface area contributed by atoms with E-state index in [9.17, 15) is 13.6 Å². The molecule has 1 aromatic heterocycles. The van der Waals surface area contributed by atoms with Crippen molar-refractivity contribution in [2.24, 2.45) is 0 Å². The molecule has 1 heterocycles. The zero-order valence-electron chi connectivity index (χ0n) is 10.1. The molecule has 0 aromatic carbocycles. The summed E-state index contributed by atoms with van der Waals surface area (Å²) in [4.78, 5) is 15.2. The summed E-state index contributed by atoms with van der Waals surface area (Å²) in [5, 5.41) is 8.91. The fourth-order valence-electron chi connectivity index (χ4n) is 1.49. The van der Waals surface area contributed by atoms with Crippen LogP contribution in [-0.2, 0) is 21.8 Å². The molecule has 0 fully saturated rings. The molecule has 0 saturated heterocycles. The number of carbonyl (C=O) groups excluding carboxylic acids is 1. The van der Waals surface area contributed by atoms with Crippen LogP contribution in [0.1, 0.15) is 35.9 Å². The van der Waals surface area contributed by atoms with E-state index >= 15 is 0 Å². The van der Waals surface area contributed by atoms with Crippen LogP contribution in [-0.4, -0.2) is 17.6 Å². The van der Waals surface area contributed by atoms with Crippen molar-refractivity contribution in [3.63, 3.8) is 0 Å². The van der Waals surface area contributed by atoms with Gasteiger partial charge in [0.05, 0.1) is 35.9 Å². The summed E-state index contributed by atoms with van der Waals surface area (Å²) in [6, 6.07) is 2.76. The Morgan fingerprint density at radius 1 is 1.58 bits per heavy atom. The fourth-order valence-corrected chi connectivity index (χ4v) is 1.70. The summed E-state index contributed by atoms with van der Waals surface area (Å²) < 4.78 is 30.2. The van der Waals surface area contributed by atoms with Gasteiger partial charge in [0, 0.05) is 5.56 Å². The number of rotatable bonds is 5. The highest BCUT2D eigenvalue weighted by molar-refractivity contribution is 6.17. The summed E-state index contributed by atoms with van der Waals surface area (Å²) in [5.41, 5.74) is -0.396. The highest BCUT2D eigenvalue weighted by atomic mass is 35.5. The summed E-state index contributed by atoms with van der Waals surface area (Å²) in [5.74, 6) is -0.793. The van der Waals surface area contributed by atoms with Gasteiger partial charge in [0.2, 0.25) is 0 Å². The lowest BCUT2D eigenvalue weighted by molar-refractivity contribution is -0.142. The third-order valence-electron chi connectivity index (χ3n) is 2.31. The van der Waals surface area contributed by atoms with Crippen molar-refractivity contribution in [2.45, 2.75) is 25.7 Å². The summed E-state index contributed by atoms with van der Waals surface area (Å²) >= 11 is 5.55. The van der Waals surface area contributed by atoms with Gasteiger partial charge in [-0.25, -0.2) is 8.78 Å². The molecule has 4 nitrogen and oxygen atoms in total. The molecule has 0 radical (unpaired) electrons. The van der Waals surface area contributed by atoms with Crippen LogP contribution in [0, 0.1) is 11.3 Å². The SMILES string of the molecule is CCOC(=O)Cc1nc(CCl)c(C(F)F)cc1C#N. The van der Waals surface area contributed by atoms with Crippen molar-refractivity contribution in [3.8, 4) is 6.07 Å². The Balaban J connectivity index is 3.18.